The van der Waals surface area contributed by atoms with Crippen LogP contribution < -0.4 is 5.32 Å². The molecule has 2 fully saturated rings. The van der Waals surface area contributed by atoms with Crippen LogP contribution in [0.15, 0.2) is 0 Å². The van der Waals surface area contributed by atoms with Crippen molar-refractivity contribution in [1.29, 1.82) is 0 Å². The Labute approximate surface area is 117 Å². The van der Waals surface area contributed by atoms with E-state index in [0.29, 0.717) is 12.6 Å². The van der Waals surface area contributed by atoms with Crippen molar-refractivity contribution in [3.05, 3.63) is 0 Å². The number of nitrogens with one attached hydrogen (secondary N) is 1. The van der Waals surface area contributed by atoms with Crippen LogP contribution in [0.2, 0.25) is 0 Å². The summed E-state index contributed by atoms with van der Waals surface area (Å²) in [6.07, 6.45) is 9.37. The summed E-state index contributed by atoms with van der Waals surface area (Å²) in [6.45, 7) is 6.83. The monoisotopic (exact) mass is 267 g/mol. The Balaban J connectivity index is 2.22. The molecule has 0 saturated heterocycles. The molecule has 2 rings (SSSR count). The quantitative estimate of drug-likeness (QED) is 0.793. The number of carbonyl (C=O) groups is 1. The first-order valence-electron chi connectivity index (χ1n) is 7.97. The predicted octanol–water partition coefficient (Wildman–Crippen LogP) is 3.42. The van der Waals surface area contributed by atoms with Crippen molar-refractivity contribution in [2.24, 2.45) is 5.41 Å². The average molecular weight is 267 g/mol. The Morgan fingerprint density at radius 3 is 2.37 bits per heavy atom. The molecule has 0 aromatic carbocycles. The van der Waals surface area contributed by atoms with Crippen LogP contribution in [-0.4, -0.2) is 24.2 Å². The first-order valence-corrected chi connectivity index (χ1v) is 7.97. The van der Waals surface area contributed by atoms with Crippen LogP contribution >= 0.6 is 0 Å². The van der Waals surface area contributed by atoms with E-state index in [9.17, 15) is 4.79 Å². The molecule has 3 heteroatoms. The van der Waals surface area contributed by atoms with Crippen molar-refractivity contribution in [2.45, 2.75) is 83.7 Å². The van der Waals surface area contributed by atoms with Gasteiger partial charge in [-0.3, -0.25) is 10.1 Å². The number of esters is 1. The molecule has 0 heterocycles. The van der Waals surface area contributed by atoms with Crippen LogP contribution in [0.1, 0.15) is 72.1 Å². The standard InChI is InChI=1S/C16H29NO2/c1-4-19-14(18)16(17-13-9-5-6-10-13)12-8-7-11-15(16,2)3/h13,17H,4-12H2,1-3H3. The lowest BCUT2D eigenvalue weighted by atomic mass is 9.62. The number of rotatable bonds is 4. The molecule has 0 aromatic heterocycles. The van der Waals surface area contributed by atoms with Crippen LogP contribution in [0.4, 0.5) is 0 Å². The maximum absolute atomic E-state index is 12.6. The van der Waals surface area contributed by atoms with Crippen molar-refractivity contribution in [1.82, 2.24) is 5.32 Å². The minimum atomic E-state index is -0.462. The Bertz CT molecular complexity index is 321. The third-order valence-electron chi connectivity index (χ3n) is 5.19. The summed E-state index contributed by atoms with van der Waals surface area (Å²) in [7, 11) is 0. The van der Waals surface area contributed by atoms with Crippen LogP contribution in [0.5, 0.6) is 0 Å². The van der Waals surface area contributed by atoms with E-state index >= 15 is 0 Å². The molecular formula is C16H29NO2. The molecule has 1 N–H and O–H groups in total. The van der Waals surface area contributed by atoms with Gasteiger partial charge in [0.25, 0.3) is 0 Å². The Morgan fingerprint density at radius 2 is 1.79 bits per heavy atom. The summed E-state index contributed by atoms with van der Waals surface area (Å²) in [4.78, 5) is 12.6. The van der Waals surface area contributed by atoms with Gasteiger partial charge in [0, 0.05) is 6.04 Å². The third-order valence-corrected chi connectivity index (χ3v) is 5.19. The van der Waals surface area contributed by atoms with E-state index in [-0.39, 0.29) is 11.4 Å². The van der Waals surface area contributed by atoms with E-state index in [2.05, 4.69) is 19.2 Å². The second kappa shape index (κ2) is 5.82. The highest BCUT2D eigenvalue weighted by molar-refractivity contribution is 5.82. The number of hydrogen-bond acceptors (Lipinski definition) is 3. The van der Waals surface area contributed by atoms with E-state index in [0.717, 1.165) is 19.3 Å². The molecule has 0 spiro atoms. The minimum Gasteiger partial charge on any atom is -0.465 e. The van der Waals surface area contributed by atoms with E-state index < -0.39 is 5.54 Å². The molecule has 2 saturated carbocycles. The largest absolute Gasteiger partial charge is 0.465 e. The van der Waals surface area contributed by atoms with Gasteiger partial charge in [0.1, 0.15) is 5.54 Å². The van der Waals surface area contributed by atoms with Crippen LogP contribution in [-0.2, 0) is 9.53 Å². The van der Waals surface area contributed by atoms with Gasteiger partial charge >= 0.3 is 5.97 Å². The van der Waals surface area contributed by atoms with Crippen molar-refractivity contribution in [3.63, 3.8) is 0 Å². The summed E-state index contributed by atoms with van der Waals surface area (Å²) in [5.74, 6) is -0.0217. The SMILES string of the molecule is CCOC(=O)C1(NC2CCCC2)CCCCC1(C)C. The highest BCUT2D eigenvalue weighted by Gasteiger charge is 2.54. The second-order valence-corrected chi connectivity index (χ2v) is 6.84. The van der Waals surface area contributed by atoms with E-state index in [1.54, 1.807) is 0 Å². The molecule has 110 valence electrons. The Kier molecular flexibility index (Phi) is 4.54. The number of carbonyl (C=O) groups excluding carboxylic acids is 1. The molecule has 3 nitrogen and oxygen atoms in total. The lowest BCUT2D eigenvalue weighted by Gasteiger charge is -2.49. The Hall–Kier alpha value is -0.570. The van der Waals surface area contributed by atoms with E-state index in [1.165, 1.54) is 32.1 Å². The highest BCUT2D eigenvalue weighted by Crippen LogP contribution is 2.45. The zero-order chi connectivity index (χ0) is 13.9. The normalized spacial score (nSPS) is 31.3. The van der Waals surface area contributed by atoms with Crippen LogP contribution in [0.3, 0.4) is 0 Å². The van der Waals surface area contributed by atoms with Gasteiger partial charge in [0.05, 0.1) is 6.61 Å². The number of hydrogen-bond donors (Lipinski definition) is 1. The molecule has 0 amide bonds. The molecule has 1 unspecified atom stereocenters. The summed E-state index contributed by atoms with van der Waals surface area (Å²) < 4.78 is 5.43. The van der Waals surface area contributed by atoms with Gasteiger partial charge in [-0.15, -0.1) is 0 Å². The average Bonchev–Trinajstić information content (AvgIpc) is 2.85. The zero-order valence-electron chi connectivity index (χ0n) is 12.8. The van der Waals surface area contributed by atoms with Gasteiger partial charge in [-0.1, -0.05) is 39.5 Å². The summed E-state index contributed by atoms with van der Waals surface area (Å²) >= 11 is 0. The molecular weight excluding hydrogens is 238 g/mol. The molecule has 0 bridgehead atoms. The fraction of sp³-hybridized carbons (Fsp3) is 0.938. The van der Waals surface area contributed by atoms with Crippen molar-refractivity contribution >= 4 is 5.97 Å². The summed E-state index contributed by atoms with van der Waals surface area (Å²) in [6, 6.07) is 0.502. The molecule has 0 radical (unpaired) electrons. The van der Waals surface area contributed by atoms with Crippen molar-refractivity contribution in [3.8, 4) is 0 Å². The fourth-order valence-electron chi connectivity index (χ4n) is 3.89. The van der Waals surface area contributed by atoms with Crippen LogP contribution in [0.25, 0.3) is 0 Å². The maximum atomic E-state index is 12.6. The van der Waals surface area contributed by atoms with E-state index in [1.807, 2.05) is 6.92 Å². The third kappa shape index (κ3) is 2.81. The first kappa shape index (κ1) is 14.8. The van der Waals surface area contributed by atoms with Gasteiger partial charge in [0.15, 0.2) is 0 Å². The zero-order valence-corrected chi connectivity index (χ0v) is 12.8. The topological polar surface area (TPSA) is 38.3 Å². The second-order valence-electron chi connectivity index (χ2n) is 6.84. The molecule has 1 atom stereocenters. The smallest absolute Gasteiger partial charge is 0.326 e. The maximum Gasteiger partial charge on any atom is 0.326 e. The molecule has 0 aliphatic heterocycles. The molecule has 2 aliphatic rings. The van der Waals surface area contributed by atoms with Crippen LogP contribution in [0, 0.1) is 5.41 Å². The first-order chi connectivity index (χ1) is 9.02. The predicted molar refractivity (Wildman–Crippen MR) is 77.0 cm³/mol. The van der Waals surface area contributed by atoms with Gasteiger partial charge in [-0.05, 0) is 38.0 Å². The van der Waals surface area contributed by atoms with Gasteiger partial charge in [-0.2, -0.15) is 0 Å². The summed E-state index contributed by atoms with van der Waals surface area (Å²) in [5.41, 5.74) is -0.476. The minimum absolute atomic E-state index is 0.0138. The lowest BCUT2D eigenvalue weighted by Crippen LogP contribution is -2.65. The van der Waals surface area contributed by atoms with Gasteiger partial charge in [0.2, 0.25) is 0 Å². The molecule has 0 aromatic rings. The van der Waals surface area contributed by atoms with E-state index in [4.69, 9.17) is 4.74 Å². The number of ether oxygens (including phenoxy) is 1. The van der Waals surface area contributed by atoms with Gasteiger partial charge < -0.3 is 4.74 Å². The van der Waals surface area contributed by atoms with Crippen molar-refractivity contribution < 1.29 is 9.53 Å². The summed E-state index contributed by atoms with van der Waals surface area (Å²) in [5, 5.41) is 3.73. The Morgan fingerprint density at radius 1 is 1.16 bits per heavy atom. The lowest BCUT2D eigenvalue weighted by molar-refractivity contribution is -0.160. The molecule has 19 heavy (non-hydrogen) atoms. The highest BCUT2D eigenvalue weighted by atomic mass is 16.5. The fourth-order valence-corrected chi connectivity index (χ4v) is 3.89. The van der Waals surface area contributed by atoms with Crippen molar-refractivity contribution in [2.75, 3.05) is 6.61 Å². The molecule has 2 aliphatic carbocycles. The van der Waals surface area contributed by atoms with Gasteiger partial charge in [-0.25, -0.2) is 0 Å².